The molecule has 1 unspecified atom stereocenters. The standard InChI is InChI=1S/C22H29N3O6S/c1-4-25(5-2)32(28,29)20-13-17(9-10-19(20)30-6-3)23-22(27)16-12-21(26)24(14-16)15-18-8-7-11-31-18/h7-11,13,16H,4-6,12,14-15H2,1-3H3,(H,23,27). The fourth-order valence-electron chi connectivity index (χ4n) is 3.70. The molecule has 2 heterocycles. The summed E-state index contributed by atoms with van der Waals surface area (Å²) in [6, 6.07) is 8.07. The minimum absolute atomic E-state index is 0.00259. The van der Waals surface area contributed by atoms with Gasteiger partial charge in [0, 0.05) is 31.7 Å². The summed E-state index contributed by atoms with van der Waals surface area (Å²) < 4.78 is 38.3. The fraction of sp³-hybridized carbons (Fsp3) is 0.455. The maximum Gasteiger partial charge on any atom is 0.246 e. The number of rotatable bonds is 10. The number of anilines is 1. The Labute approximate surface area is 188 Å². The van der Waals surface area contributed by atoms with E-state index < -0.39 is 15.9 Å². The predicted octanol–water partition coefficient (Wildman–Crippen LogP) is 2.70. The van der Waals surface area contributed by atoms with Crippen LogP contribution < -0.4 is 10.1 Å². The lowest BCUT2D eigenvalue weighted by Gasteiger charge is -2.21. The van der Waals surface area contributed by atoms with Crippen molar-refractivity contribution in [3.05, 3.63) is 42.4 Å². The summed E-state index contributed by atoms with van der Waals surface area (Å²) in [5, 5.41) is 2.76. The molecule has 1 saturated heterocycles. The van der Waals surface area contributed by atoms with Gasteiger partial charge in [0.25, 0.3) is 0 Å². The number of likely N-dealkylation sites (tertiary alicyclic amines) is 1. The monoisotopic (exact) mass is 463 g/mol. The highest BCUT2D eigenvalue weighted by Crippen LogP contribution is 2.31. The summed E-state index contributed by atoms with van der Waals surface area (Å²) in [6.45, 7) is 6.82. The molecule has 0 radical (unpaired) electrons. The van der Waals surface area contributed by atoms with Gasteiger partial charge < -0.3 is 19.4 Å². The minimum atomic E-state index is -3.79. The average molecular weight is 464 g/mol. The molecule has 174 valence electrons. The van der Waals surface area contributed by atoms with Crippen LogP contribution >= 0.6 is 0 Å². The number of furan rings is 1. The van der Waals surface area contributed by atoms with E-state index in [0.717, 1.165) is 0 Å². The average Bonchev–Trinajstić information content (AvgIpc) is 3.40. The summed E-state index contributed by atoms with van der Waals surface area (Å²) in [7, 11) is -3.79. The molecule has 3 rings (SSSR count). The second-order valence-corrected chi connectivity index (χ2v) is 9.33. The summed E-state index contributed by atoms with van der Waals surface area (Å²) in [4.78, 5) is 26.7. The Morgan fingerprint density at radius 2 is 2.00 bits per heavy atom. The van der Waals surface area contributed by atoms with Crippen molar-refractivity contribution in [2.24, 2.45) is 5.92 Å². The number of nitrogens with one attached hydrogen (secondary N) is 1. The van der Waals surface area contributed by atoms with Crippen LogP contribution in [0.3, 0.4) is 0 Å². The molecule has 1 aromatic heterocycles. The lowest BCUT2D eigenvalue weighted by atomic mass is 10.1. The summed E-state index contributed by atoms with van der Waals surface area (Å²) in [6.07, 6.45) is 1.63. The van der Waals surface area contributed by atoms with Crippen LogP contribution in [0.15, 0.2) is 45.9 Å². The SMILES string of the molecule is CCOc1ccc(NC(=O)C2CC(=O)N(Cc3ccco3)C2)cc1S(=O)(=O)N(CC)CC. The maximum atomic E-state index is 13.1. The molecular weight excluding hydrogens is 434 g/mol. The highest BCUT2D eigenvalue weighted by Gasteiger charge is 2.35. The van der Waals surface area contributed by atoms with E-state index in [9.17, 15) is 18.0 Å². The molecular formula is C22H29N3O6S. The van der Waals surface area contributed by atoms with Crippen molar-refractivity contribution < 1.29 is 27.2 Å². The van der Waals surface area contributed by atoms with Crippen molar-refractivity contribution in [3.63, 3.8) is 0 Å². The normalized spacial score (nSPS) is 16.6. The van der Waals surface area contributed by atoms with E-state index in [2.05, 4.69) is 5.32 Å². The van der Waals surface area contributed by atoms with E-state index >= 15 is 0 Å². The van der Waals surface area contributed by atoms with Gasteiger partial charge in [0.05, 0.1) is 25.3 Å². The van der Waals surface area contributed by atoms with Crippen molar-refractivity contribution >= 4 is 27.5 Å². The quantitative estimate of drug-likeness (QED) is 0.580. The lowest BCUT2D eigenvalue weighted by Crippen LogP contribution is -2.31. The Bertz CT molecular complexity index is 1050. The smallest absolute Gasteiger partial charge is 0.246 e. The van der Waals surface area contributed by atoms with Crippen molar-refractivity contribution in [1.82, 2.24) is 9.21 Å². The summed E-state index contributed by atoms with van der Waals surface area (Å²) >= 11 is 0. The number of nitrogens with zero attached hydrogens (tertiary/aromatic N) is 2. The highest BCUT2D eigenvalue weighted by atomic mass is 32.2. The summed E-state index contributed by atoms with van der Waals surface area (Å²) in [5.74, 6) is -0.115. The van der Waals surface area contributed by atoms with Crippen LogP contribution in [0.1, 0.15) is 33.0 Å². The van der Waals surface area contributed by atoms with Gasteiger partial charge in [0.1, 0.15) is 16.4 Å². The largest absolute Gasteiger partial charge is 0.492 e. The molecule has 1 aromatic carbocycles. The first-order valence-electron chi connectivity index (χ1n) is 10.7. The fourth-order valence-corrected chi connectivity index (χ4v) is 5.32. The molecule has 10 heteroatoms. The summed E-state index contributed by atoms with van der Waals surface area (Å²) in [5.41, 5.74) is 0.334. The van der Waals surface area contributed by atoms with Crippen molar-refractivity contribution in [3.8, 4) is 5.75 Å². The van der Waals surface area contributed by atoms with Crippen LogP contribution in [0.25, 0.3) is 0 Å². The van der Waals surface area contributed by atoms with Crippen LogP contribution in [0.5, 0.6) is 5.75 Å². The van der Waals surface area contributed by atoms with Gasteiger partial charge in [0.15, 0.2) is 0 Å². The third kappa shape index (κ3) is 5.13. The second-order valence-electron chi connectivity index (χ2n) is 7.43. The van der Waals surface area contributed by atoms with Gasteiger partial charge in [-0.25, -0.2) is 8.42 Å². The van der Waals surface area contributed by atoms with Crippen molar-refractivity contribution in [2.75, 3.05) is 31.6 Å². The zero-order valence-corrected chi connectivity index (χ0v) is 19.4. The van der Waals surface area contributed by atoms with Crippen LogP contribution in [0.4, 0.5) is 5.69 Å². The van der Waals surface area contributed by atoms with Gasteiger partial charge >= 0.3 is 0 Å². The van der Waals surface area contributed by atoms with Gasteiger partial charge in [-0.1, -0.05) is 13.8 Å². The first-order valence-corrected chi connectivity index (χ1v) is 12.1. The molecule has 0 aliphatic carbocycles. The molecule has 2 amide bonds. The Morgan fingerprint density at radius 3 is 2.62 bits per heavy atom. The Kier molecular flexibility index (Phi) is 7.57. The molecule has 0 saturated carbocycles. The van der Waals surface area contributed by atoms with E-state index in [0.29, 0.717) is 37.7 Å². The molecule has 2 aromatic rings. The van der Waals surface area contributed by atoms with Crippen molar-refractivity contribution in [2.45, 2.75) is 38.6 Å². The number of carbonyl (C=O) groups excluding carboxylic acids is 2. The molecule has 32 heavy (non-hydrogen) atoms. The number of ether oxygens (including phenoxy) is 1. The predicted molar refractivity (Wildman–Crippen MR) is 119 cm³/mol. The molecule has 0 spiro atoms. The van der Waals surface area contributed by atoms with Gasteiger partial charge in [0.2, 0.25) is 21.8 Å². The molecule has 1 N–H and O–H groups in total. The number of benzene rings is 1. The highest BCUT2D eigenvalue weighted by molar-refractivity contribution is 7.89. The molecule has 1 atom stereocenters. The first kappa shape index (κ1) is 23.8. The van der Waals surface area contributed by atoms with E-state index in [-0.39, 0.29) is 35.4 Å². The topological polar surface area (TPSA) is 109 Å². The zero-order chi connectivity index (χ0) is 23.3. The van der Waals surface area contributed by atoms with Crippen molar-refractivity contribution in [1.29, 1.82) is 0 Å². The second kappa shape index (κ2) is 10.2. The minimum Gasteiger partial charge on any atom is -0.492 e. The van der Waals surface area contributed by atoms with Crippen LogP contribution in [0.2, 0.25) is 0 Å². The van der Waals surface area contributed by atoms with Crippen LogP contribution in [-0.4, -0.2) is 55.7 Å². The Hall–Kier alpha value is -2.85. The molecule has 1 aliphatic rings. The lowest BCUT2D eigenvalue weighted by molar-refractivity contribution is -0.128. The third-order valence-corrected chi connectivity index (χ3v) is 7.42. The van der Waals surface area contributed by atoms with E-state index in [1.54, 1.807) is 49.9 Å². The van der Waals surface area contributed by atoms with Crippen LogP contribution in [0, 0.1) is 5.92 Å². The number of hydrogen-bond donors (Lipinski definition) is 1. The molecule has 1 aliphatic heterocycles. The van der Waals surface area contributed by atoms with Gasteiger partial charge in [-0.2, -0.15) is 4.31 Å². The Balaban J connectivity index is 1.77. The third-order valence-electron chi connectivity index (χ3n) is 5.35. The van der Waals surface area contributed by atoms with E-state index in [1.807, 2.05) is 0 Å². The van der Waals surface area contributed by atoms with E-state index in [4.69, 9.17) is 9.15 Å². The first-order chi connectivity index (χ1) is 15.3. The number of carbonyl (C=O) groups is 2. The Morgan fingerprint density at radius 1 is 1.25 bits per heavy atom. The van der Waals surface area contributed by atoms with E-state index in [1.165, 1.54) is 16.6 Å². The molecule has 0 bridgehead atoms. The van der Waals surface area contributed by atoms with Crippen LogP contribution in [-0.2, 0) is 26.2 Å². The maximum absolute atomic E-state index is 13.1. The van der Waals surface area contributed by atoms with Gasteiger partial charge in [-0.15, -0.1) is 0 Å². The molecule has 9 nitrogen and oxygen atoms in total. The number of hydrogen-bond acceptors (Lipinski definition) is 6. The van der Waals surface area contributed by atoms with Gasteiger partial charge in [-0.05, 0) is 37.3 Å². The number of sulfonamides is 1. The molecule has 1 fully saturated rings. The number of amides is 2. The van der Waals surface area contributed by atoms with Gasteiger partial charge in [-0.3, -0.25) is 9.59 Å². The zero-order valence-electron chi connectivity index (χ0n) is 18.5.